The van der Waals surface area contributed by atoms with Crippen LogP contribution in [-0.2, 0) is 0 Å². The standard InChI is InChI=1S/C10H7BNO2/c13-10(14)11-8-5-7-3-1-2-4-9(7)12-6-8/h1-6H,(H,13,14). The first kappa shape index (κ1) is 8.75. The molecule has 1 aromatic heterocycles. The lowest BCUT2D eigenvalue weighted by atomic mass is 9.71. The molecule has 0 bridgehead atoms. The molecule has 0 saturated carbocycles. The molecule has 0 aliphatic rings. The van der Waals surface area contributed by atoms with Gasteiger partial charge in [-0.3, -0.25) is 9.78 Å². The van der Waals surface area contributed by atoms with Gasteiger partial charge in [-0.15, -0.1) is 0 Å². The van der Waals surface area contributed by atoms with Crippen LogP contribution in [0.1, 0.15) is 0 Å². The zero-order valence-electron chi connectivity index (χ0n) is 7.34. The topological polar surface area (TPSA) is 50.2 Å². The quantitative estimate of drug-likeness (QED) is 0.714. The maximum absolute atomic E-state index is 10.4. The molecule has 0 fully saturated rings. The summed E-state index contributed by atoms with van der Waals surface area (Å²) in [6, 6.07) is 9.39. The summed E-state index contributed by atoms with van der Waals surface area (Å²) < 4.78 is 0. The summed E-state index contributed by atoms with van der Waals surface area (Å²) in [5.41, 5.74) is 1.48. The molecule has 67 valence electrons. The van der Waals surface area contributed by atoms with Gasteiger partial charge in [-0.2, -0.15) is 0 Å². The van der Waals surface area contributed by atoms with Crippen LogP contribution in [0.3, 0.4) is 0 Å². The van der Waals surface area contributed by atoms with Crippen LogP contribution < -0.4 is 5.46 Å². The van der Waals surface area contributed by atoms with Gasteiger partial charge < -0.3 is 5.11 Å². The van der Waals surface area contributed by atoms with E-state index in [-0.39, 0.29) is 0 Å². The molecule has 4 heteroatoms. The second kappa shape index (κ2) is 3.50. The van der Waals surface area contributed by atoms with Gasteiger partial charge in [0.1, 0.15) is 0 Å². The number of carbonyl (C=O) groups is 1. The highest BCUT2D eigenvalue weighted by molar-refractivity contribution is 6.82. The molecular weight excluding hydrogens is 177 g/mol. The zero-order valence-corrected chi connectivity index (χ0v) is 7.34. The SMILES string of the molecule is O=C(O)[B]c1cnc2ccccc2c1. The molecule has 1 aromatic carbocycles. The van der Waals surface area contributed by atoms with Crippen LogP contribution >= 0.6 is 0 Å². The third kappa shape index (κ3) is 1.74. The number of benzene rings is 1. The van der Waals surface area contributed by atoms with E-state index in [9.17, 15) is 4.79 Å². The number of pyridine rings is 1. The van der Waals surface area contributed by atoms with E-state index in [1.165, 1.54) is 0 Å². The van der Waals surface area contributed by atoms with E-state index < -0.39 is 5.87 Å². The highest BCUT2D eigenvalue weighted by Crippen LogP contribution is 2.07. The minimum atomic E-state index is -0.956. The number of hydrogen-bond acceptors (Lipinski definition) is 2. The average molecular weight is 184 g/mol. The van der Waals surface area contributed by atoms with Crippen molar-refractivity contribution in [2.24, 2.45) is 0 Å². The fourth-order valence-corrected chi connectivity index (χ4v) is 1.31. The van der Waals surface area contributed by atoms with E-state index in [4.69, 9.17) is 5.11 Å². The summed E-state index contributed by atoms with van der Waals surface area (Å²) in [6.07, 6.45) is 1.55. The Kier molecular flexibility index (Phi) is 2.19. The summed E-state index contributed by atoms with van der Waals surface area (Å²) in [7, 11) is 1.14. The van der Waals surface area contributed by atoms with Crippen LogP contribution in [0.4, 0.5) is 4.79 Å². The van der Waals surface area contributed by atoms with Crippen molar-refractivity contribution in [1.82, 2.24) is 4.98 Å². The Morgan fingerprint density at radius 2 is 2.14 bits per heavy atom. The van der Waals surface area contributed by atoms with Gasteiger partial charge in [-0.25, -0.2) is 0 Å². The Labute approximate surface area is 81.6 Å². The highest BCUT2D eigenvalue weighted by atomic mass is 16.4. The number of para-hydroxylation sites is 1. The van der Waals surface area contributed by atoms with Gasteiger partial charge in [0, 0.05) is 6.20 Å². The van der Waals surface area contributed by atoms with Gasteiger partial charge in [0.15, 0.2) is 0 Å². The minimum absolute atomic E-state index is 0.608. The zero-order chi connectivity index (χ0) is 9.97. The third-order valence-electron chi connectivity index (χ3n) is 1.90. The van der Waals surface area contributed by atoms with Crippen molar-refractivity contribution in [3.8, 4) is 0 Å². The number of nitrogens with zero attached hydrogens (tertiary/aromatic N) is 1. The molecule has 0 amide bonds. The third-order valence-corrected chi connectivity index (χ3v) is 1.90. The van der Waals surface area contributed by atoms with Crippen LogP contribution in [0.25, 0.3) is 10.9 Å². The Morgan fingerprint density at radius 3 is 2.93 bits per heavy atom. The smallest absolute Gasteiger partial charge is 0.300 e. The molecule has 2 aromatic rings. The molecule has 14 heavy (non-hydrogen) atoms. The molecule has 3 nitrogen and oxygen atoms in total. The molecule has 1 heterocycles. The number of hydrogen-bond donors (Lipinski definition) is 1. The molecule has 0 aliphatic heterocycles. The largest absolute Gasteiger partial charge is 0.489 e. The highest BCUT2D eigenvalue weighted by Gasteiger charge is 2.04. The normalized spacial score (nSPS) is 10.0. The second-order valence-electron chi connectivity index (χ2n) is 2.94. The van der Waals surface area contributed by atoms with Gasteiger partial charge in [-0.05, 0) is 11.5 Å². The van der Waals surface area contributed by atoms with Gasteiger partial charge in [-0.1, -0.05) is 29.7 Å². The van der Waals surface area contributed by atoms with Crippen molar-refractivity contribution in [3.63, 3.8) is 0 Å². The minimum Gasteiger partial charge on any atom is -0.489 e. The van der Waals surface area contributed by atoms with Gasteiger partial charge in [0.2, 0.25) is 5.87 Å². The van der Waals surface area contributed by atoms with E-state index in [2.05, 4.69) is 4.98 Å². The average Bonchev–Trinajstić information content (AvgIpc) is 2.17. The van der Waals surface area contributed by atoms with Gasteiger partial charge >= 0.3 is 7.28 Å². The van der Waals surface area contributed by atoms with E-state index in [0.29, 0.717) is 5.46 Å². The van der Waals surface area contributed by atoms with Gasteiger partial charge in [0.05, 0.1) is 5.52 Å². The molecule has 0 unspecified atom stereocenters. The van der Waals surface area contributed by atoms with Crippen molar-refractivity contribution in [3.05, 3.63) is 36.5 Å². The molecular formula is C10H7BNO2. The van der Waals surface area contributed by atoms with Crippen molar-refractivity contribution in [1.29, 1.82) is 0 Å². The number of aromatic nitrogens is 1. The van der Waals surface area contributed by atoms with Crippen molar-refractivity contribution < 1.29 is 9.90 Å². The number of rotatable bonds is 2. The Morgan fingerprint density at radius 1 is 1.36 bits per heavy atom. The summed E-state index contributed by atoms with van der Waals surface area (Å²) in [5, 5.41) is 9.50. The molecule has 1 N–H and O–H groups in total. The first-order valence-corrected chi connectivity index (χ1v) is 4.18. The van der Waals surface area contributed by atoms with Crippen LogP contribution in [-0.4, -0.2) is 23.2 Å². The fourth-order valence-electron chi connectivity index (χ4n) is 1.31. The lowest BCUT2D eigenvalue weighted by molar-refractivity contribution is 0.220. The second-order valence-corrected chi connectivity index (χ2v) is 2.94. The van der Waals surface area contributed by atoms with Crippen molar-refractivity contribution in [2.45, 2.75) is 0 Å². The van der Waals surface area contributed by atoms with E-state index in [1.54, 1.807) is 12.3 Å². The Balaban J connectivity index is 2.46. The predicted octanol–water partition coefficient (Wildman–Crippen LogP) is 1.24. The first-order valence-electron chi connectivity index (χ1n) is 4.18. The number of fused-ring (bicyclic) bond motifs is 1. The summed E-state index contributed by atoms with van der Waals surface area (Å²) in [4.78, 5) is 14.6. The summed E-state index contributed by atoms with van der Waals surface area (Å²) in [6.45, 7) is 0. The monoisotopic (exact) mass is 184 g/mol. The van der Waals surface area contributed by atoms with Crippen LogP contribution in [0.2, 0.25) is 0 Å². The van der Waals surface area contributed by atoms with E-state index in [0.717, 1.165) is 18.2 Å². The van der Waals surface area contributed by atoms with Crippen LogP contribution in [0, 0.1) is 0 Å². The van der Waals surface area contributed by atoms with E-state index in [1.807, 2.05) is 24.3 Å². The summed E-state index contributed by atoms with van der Waals surface area (Å²) in [5.74, 6) is -0.956. The van der Waals surface area contributed by atoms with Gasteiger partial charge in [0.25, 0.3) is 0 Å². The number of carboxylic acid groups (broad SMARTS) is 1. The lowest BCUT2D eigenvalue weighted by Crippen LogP contribution is -2.22. The van der Waals surface area contributed by atoms with Crippen LogP contribution in [0.5, 0.6) is 0 Å². The molecule has 1 radical (unpaired) electrons. The lowest BCUT2D eigenvalue weighted by Gasteiger charge is -1.98. The Bertz CT molecular complexity index is 484. The van der Waals surface area contributed by atoms with E-state index >= 15 is 0 Å². The molecule has 2 rings (SSSR count). The van der Waals surface area contributed by atoms with Crippen molar-refractivity contribution >= 4 is 29.5 Å². The first-order chi connectivity index (χ1) is 6.75. The van der Waals surface area contributed by atoms with Crippen molar-refractivity contribution in [2.75, 3.05) is 0 Å². The maximum Gasteiger partial charge on any atom is 0.300 e. The Hall–Kier alpha value is -1.84. The molecule has 0 spiro atoms. The summed E-state index contributed by atoms with van der Waals surface area (Å²) >= 11 is 0. The molecule has 0 saturated heterocycles. The predicted molar refractivity (Wildman–Crippen MR) is 55.2 cm³/mol. The van der Waals surface area contributed by atoms with Crippen LogP contribution in [0.15, 0.2) is 36.5 Å². The molecule has 0 aliphatic carbocycles. The molecule has 0 atom stereocenters. The fraction of sp³-hybridized carbons (Fsp3) is 0. The maximum atomic E-state index is 10.4.